The number of H-pyrrole nitrogens is 1. The highest BCUT2D eigenvalue weighted by atomic mass is 35.5. The van der Waals surface area contributed by atoms with Crippen molar-refractivity contribution in [2.75, 3.05) is 18.4 Å². The molecule has 0 spiro atoms. The number of anilines is 1. The van der Waals surface area contributed by atoms with Gasteiger partial charge < -0.3 is 10.3 Å². The summed E-state index contributed by atoms with van der Waals surface area (Å²) in [5, 5.41) is 3.52. The molecule has 1 aliphatic rings. The summed E-state index contributed by atoms with van der Waals surface area (Å²) in [6, 6.07) is 5.36. The number of nitrogens with one attached hydrogen (secondary N) is 2. The lowest BCUT2D eigenvalue weighted by molar-refractivity contribution is -0.120. The fourth-order valence-electron chi connectivity index (χ4n) is 2.80. The van der Waals surface area contributed by atoms with E-state index < -0.39 is 10.0 Å². The quantitative estimate of drug-likeness (QED) is 0.848. The van der Waals surface area contributed by atoms with Crippen molar-refractivity contribution in [2.24, 2.45) is 5.92 Å². The fourth-order valence-corrected chi connectivity index (χ4v) is 4.34. The number of rotatable bonds is 4. The van der Waals surface area contributed by atoms with E-state index in [0.29, 0.717) is 36.6 Å². The number of aryl methyl sites for hydroxylation is 1. The van der Waals surface area contributed by atoms with Gasteiger partial charge in [-0.3, -0.25) is 4.79 Å². The van der Waals surface area contributed by atoms with Crippen LogP contribution in [0.15, 0.2) is 35.7 Å². The van der Waals surface area contributed by atoms with Crippen LogP contribution in [-0.4, -0.2) is 41.7 Å². The number of benzene rings is 1. The SMILES string of the molecule is Cc1ccc(NC(=O)C2CCN(S(=O)(=O)c3cnc[nH]3)CC2)cc1Cl. The van der Waals surface area contributed by atoms with Crippen LogP contribution in [0.25, 0.3) is 0 Å². The smallest absolute Gasteiger partial charge is 0.260 e. The molecule has 1 aliphatic heterocycles. The van der Waals surface area contributed by atoms with Gasteiger partial charge in [0.05, 0.1) is 12.5 Å². The molecule has 1 aromatic heterocycles. The minimum Gasteiger partial charge on any atom is -0.335 e. The number of aromatic nitrogens is 2. The Morgan fingerprint density at radius 2 is 2.08 bits per heavy atom. The molecule has 2 aromatic rings. The summed E-state index contributed by atoms with van der Waals surface area (Å²) in [6.07, 6.45) is 3.56. The Morgan fingerprint density at radius 3 is 2.68 bits per heavy atom. The molecule has 0 saturated carbocycles. The molecule has 1 saturated heterocycles. The molecule has 0 radical (unpaired) electrons. The maximum absolute atomic E-state index is 12.4. The Morgan fingerprint density at radius 1 is 1.36 bits per heavy atom. The highest BCUT2D eigenvalue weighted by Gasteiger charge is 2.32. The maximum atomic E-state index is 12.4. The number of hydrogen-bond donors (Lipinski definition) is 2. The number of sulfonamides is 1. The van der Waals surface area contributed by atoms with Crippen molar-refractivity contribution in [3.05, 3.63) is 41.3 Å². The lowest BCUT2D eigenvalue weighted by Crippen LogP contribution is -2.41. The first-order chi connectivity index (χ1) is 11.9. The summed E-state index contributed by atoms with van der Waals surface area (Å²) in [5.41, 5.74) is 1.59. The van der Waals surface area contributed by atoms with E-state index in [-0.39, 0.29) is 16.9 Å². The van der Waals surface area contributed by atoms with E-state index in [1.807, 2.05) is 13.0 Å². The summed E-state index contributed by atoms with van der Waals surface area (Å²) in [7, 11) is -3.57. The third kappa shape index (κ3) is 3.86. The van der Waals surface area contributed by atoms with Crippen LogP contribution < -0.4 is 5.32 Å². The van der Waals surface area contributed by atoms with Gasteiger partial charge >= 0.3 is 0 Å². The van der Waals surface area contributed by atoms with Crippen molar-refractivity contribution in [3.63, 3.8) is 0 Å². The summed E-state index contributed by atoms with van der Waals surface area (Å²) in [6.45, 7) is 2.49. The fraction of sp³-hybridized carbons (Fsp3) is 0.375. The van der Waals surface area contributed by atoms with Gasteiger partial charge in [0.2, 0.25) is 5.91 Å². The second-order valence-electron chi connectivity index (χ2n) is 6.05. The first-order valence-corrected chi connectivity index (χ1v) is 9.75. The van der Waals surface area contributed by atoms with Gasteiger partial charge in [-0.1, -0.05) is 17.7 Å². The van der Waals surface area contributed by atoms with E-state index in [2.05, 4.69) is 15.3 Å². The Bertz CT molecular complexity index is 860. The van der Waals surface area contributed by atoms with Crippen LogP contribution >= 0.6 is 11.6 Å². The van der Waals surface area contributed by atoms with Crippen molar-refractivity contribution < 1.29 is 13.2 Å². The minimum atomic E-state index is -3.57. The molecule has 0 aliphatic carbocycles. The highest BCUT2D eigenvalue weighted by Crippen LogP contribution is 2.25. The van der Waals surface area contributed by atoms with Crippen LogP contribution in [0.4, 0.5) is 5.69 Å². The van der Waals surface area contributed by atoms with Crippen molar-refractivity contribution in [2.45, 2.75) is 24.8 Å². The van der Waals surface area contributed by atoms with Crippen LogP contribution in [0, 0.1) is 12.8 Å². The van der Waals surface area contributed by atoms with Crippen molar-refractivity contribution in [3.8, 4) is 0 Å². The normalized spacial score (nSPS) is 16.7. The second kappa shape index (κ2) is 7.15. The van der Waals surface area contributed by atoms with Crippen LogP contribution in [-0.2, 0) is 14.8 Å². The number of hydrogen-bond acceptors (Lipinski definition) is 4. The van der Waals surface area contributed by atoms with E-state index in [9.17, 15) is 13.2 Å². The van der Waals surface area contributed by atoms with Gasteiger partial charge in [0, 0.05) is 29.7 Å². The topological polar surface area (TPSA) is 95.2 Å². The summed E-state index contributed by atoms with van der Waals surface area (Å²) >= 11 is 6.07. The number of carbonyl (C=O) groups excluding carboxylic acids is 1. The lowest BCUT2D eigenvalue weighted by atomic mass is 9.97. The second-order valence-corrected chi connectivity index (χ2v) is 8.36. The van der Waals surface area contributed by atoms with Crippen LogP contribution in [0.1, 0.15) is 18.4 Å². The Balaban J connectivity index is 1.60. The lowest BCUT2D eigenvalue weighted by Gasteiger charge is -2.30. The molecule has 25 heavy (non-hydrogen) atoms. The Labute approximate surface area is 151 Å². The molecule has 1 amide bonds. The molecule has 0 atom stereocenters. The van der Waals surface area contributed by atoms with Crippen LogP contribution in [0.2, 0.25) is 5.02 Å². The summed E-state index contributed by atoms with van der Waals surface area (Å²) in [4.78, 5) is 18.8. The van der Waals surface area contributed by atoms with Crippen molar-refractivity contribution in [1.82, 2.24) is 14.3 Å². The molecular formula is C16H19ClN4O3S. The molecule has 2 N–H and O–H groups in total. The molecule has 7 nitrogen and oxygen atoms in total. The summed E-state index contributed by atoms with van der Waals surface area (Å²) in [5.74, 6) is -0.341. The molecule has 9 heteroatoms. The molecule has 1 aromatic carbocycles. The van der Waals surface area contributed by atoms with Crippen molar-refractivity contribution in [1.29, 1.82) is 0 Å². The molecule has 0 bridgehead atoms. The number of piperidine rings is 1. The minimum absolute atomic E-state index is 0.0738. The average molecular weight is 383 g/mol. The number of carbonyl (C=O) groups is 1. The van der Waals surface area contributed by atoms with Gasteiger partial charge in [-0.25, -0.2) is 13.4 Å². The van der Waals surface area contributed by atoms with Gasteiger partial charge in [0.15, 0.2) is 5.03 Å². The van der Waals surface area contributed by atoms with Gasteiger partial charge in [0.25, 0.3) is 10.0 Å². The Hall–Kier alpha value is -1.90. The predicted molar refractivity (Wildman–Crippen MR) is 94.9 cm³/mol. The molecule has 3 rings (SSSR count). The molecular weight excluding hydrogens is 364 g/mol. The summed E-state index contributed by atoms with van der Waals surface area (Å²) < 4.78 is 26.2. The van der Waals surface area contributed by atoms with E-state index >= 15 is 0 Å². The standard InChI is InChI=1S/C16H19ClN4O3S/c1-11-2-3-13(8-14(11)17)20-16(22)12-4-6-21(7-5-12)25(23,24)15-9-18-10-19-15/h2-3,8-10,12H,4-7H2,1H3,(H,18,19)(H,20,22). The monoisotopic (exact) mass is 382 g/mol. The average Bonchev–Trinajstić information content (AvgIpc) is 3.14. The Kier molecular flexibility index (Phi) is 5.12. The van der Waals surface area contributed by atoms with Crippen LogP contribution in [0.5, 0.6) is 0 Å². The number of aromatic amines is 1. The van der Waals surface area contributed by atoms with Crippen LogP contribution in [0.3, 0.4) is 0 Å². The largest absolute Gasteiger partial charge is 0.335 e. The molecule has 0 unspecified atom stereocenters. The number of imidazole rings is 1. The number of halogens is 1. The number of amides is 1. The highest BCUT2D eigenvalue weighted by molar-refractivity contribution is 7.89. The van der Waals surface area contributed by atoms with Gasteiger partial charge in [-0.05, 0) is 37.5 Å². The zero-order chi connectivity index (χ0) is 18.0. The molecule has 134 valence electrons. The van der Waals surface area contributed by atoms with E-state index in [1.165, 1.54) is 16.8 Å². The third-order valence-electron chi connectivity index (χ3n) is 4.36. The zero-order valence-electron chi connectivity index (χ0n) is 13.7. The molecule has 2 heterocycles. The van der Waals surface area contributed by atoms with E-state index in [1.54, 1.807) is 12.1 Å². The van der Waals surface area contributed by atoms with Gasteiger partial charge in [-0.2, -0.15) is 4.31 Å². The van der Waals surface area contributed by atoms with Crippen molar-refractivity contribution >= 4 is 33.2 Å². The van der Waals surface area contributed by atoms with Gasteiger partial charge in [-0.15, -0.1) is 0 Å². The van der Waals surface area contributed by atoms with E-state index in [4.69, 9.17) is 11.6 Å². The molecule has 1 fully saturated rings. The predicted octanol–water partition coefficient (Wildman–Crippen LogP) is 2.41. The first kappa shape index (κ1) is 17.9. The third-order valence-corrected chi connectivity index (χ3v) is 6.59. The van der Waals surface area contributed by atoms with E-state index in [0.717, 1.165) is 5.56 Å². The number of nitrogens with zero attached hydrogens (tertiary/aromatic N) is 2. The first-order valence-electron chi connectivity index (χ1n) is 7.93. The zero-order valence-corrected chi connectivity index (χ0v) is 15.3. The van der Waals surface area contributed by atoms with Gasteiger partial charge in [0.1, 0.15) is 0 Å². The maximum Gasteiger partial charge on any atom is 0.260 e.